The van der Waals surface area contributed by atoms with Crippen LogP contribution in [0.3, 0.4) is 0 Å². The van der Waals surface area contributed by atoms with Crippen LogP contribution in [-0.2, 0) is 4.74 Å². The van der Waals surface area contributed by atoms with E-state index in [2.05, 4.69) is 15.6 Å². The van der Waals surface area contributed by atoms with E-state index in [1.807, 2.05) is 69.3 Å². The van der Waals surface area contributed by atoms with Gasteiger partial charge in [0, 0.05) is 42.1 Å². The first-order chi connectivity index (χ1) is 15.3. The number of hydrogen-bond acceptors (Lipinski definition) is 5. The van der Waals surface area contributed by atoms with E-state index < -0.39 is 5.60 Å². The number of pyridine rings is 1. The van der Waals surface area contributed by atoms with Gasteiger partial charge in [0.2, 0.25) is 0 Å². The Kier molecular flexibility index (Phi) is 5.99. The van der Waals surface area contributed by atoms with Gasteiger partial charge in [0.15, 0.2) is 0 Å². The molecule has 2 N–H and O–H groups in total. The lowest BCUT2D eigenvalue weighted by molar-refractivity contribution is 0.0293. The first kappa shape index (κ1) is 21.6. The minimum absolute atomic E-state index is 0.0925. The lowest BCUT2D eigenvalue weighted by atomic mass is 10.1. The smallest absolute Gasteiger partial charge is 0.410 e. The minimum Gasteiger partial charge on any atom is -0.444 e. The van der Waals surface area contributed by atoms with Gasteiger partial charge >= 0.3 is 6.09 Å². The minimum atomic E-state index is -0.513. The van der Waals surface area contributed by atoms with Crippen molar-refractivity contribution in [1.82, 2.24) is 9.88 Å². The average Bonchev–Trinajstić information content (AvgIpc) is 3.22. The maximum Gasteiger partial charge on any atom is 0.410 e. The molecule has 1 aromatic heterocycles. The predicted molar refractivity (Wildman–Crippen MR) is 126 cm³/mol. The number of para-hydroxylation sites is 1. The van der Waals surface area contributed by atoms with E-state index in [4.69, 9.17) is 4.74 Å². The number of likely N-dealkylation sites (tertiary alicyclic amines) is 1. The molecule has 0 unspecified atom stereocenters. The van der Waals surface area contributed by atoms with Crippen LogP contribution in [0.5, 0.6) is 0 Å². The molecule has 2 amide bonds. The van der Waals surface area contributed by atoms with Crippen LogP contribution in [0, 0.1) is 0 Å². The quantitative estimate of drug-likeness (QED) is 0.612. The summed E-state index contributed by atoms with van der Waals surface area (Å²) in [6.45, 7) is 6.80. The normalized spacial score (nSPS) is 16.1. The molecular formula is C25H28N4O3. The molecule has 0 radical (unpaired) electrons. The van der Waals surface area contributed by atoms with Gasteiger partial charge in [-0.2, -0.15) is 0 Å². The molecule has 2 aromatic carbocycles. The Morgan fingerprint density at radius 3 is 2.59 bits per heavy atom. The Hall–Kier alpha value is -3.61. The molecule has 166 valence electrons. The van der Waals surface area contributed by atoms with E-state index in [0.29, 0.717) is 24.2 Å². The molecule has 1 aliphatic heterocycles. The van der Waals surface area contributed by atoms with Gasteiger partial charge in [-0.15, -0.1) is 0 Å². The molecule has 0 bridgehead atoms. The second kappa shape index (κ2) is 8.86. The fourth-order valence-electron chi connectivity index (χ4n) is 3.79. The molecule has 1 aliphatic rings. The molecule has 4 rings (SSSR count). The standard InChI is InChI=1S/C25H28N4O3/c1-25(2,3)32-24(31)29-15-13-18(16-29)27-21-12-11-20(22-19(21)10-7-14-26-22)23(30)28-17-8-5-4-6-9-17/h4-12,14,18,27H,13,15-16H2,1-3H3,(H,28,30)/t18-/m0/s1. The van der Waals surface area contributed by atoms with Crippen LogP contribution >= 0.6 is 0 Å². The Balaban J connectivity index is 1.51. The maximum absolute atomic E-state index is 12.9. The number of anilines is 2. The third kappa shape index (κ3) is 4.99. The number of nitrogens with one attached hydrogen (secondary N) is 2. The molecule has 7 nitrogen and oxygen atoms in total. The fraction of sp³-hybridized carbons (Fsp3) is 0.320. The summed E-state index contributed by atoms with van der Waals surface area (Å²) in [5.41, 5.74) is 2.25. The lowest BCUT2D eigenvalue weighted by Crippen LogP contribution is -2.36. The summed E-state index contributed by atoms with van der Waals surface area (Å²) in [4.78, 5) is 31.5. The molecule has 32 heavy (non-hydrogen) atoms. The molecular weight excluding hydrogens is 404 g/mol. The number of aromatic nitrogens is 1. The highest BCUT2D eigenvalue weighted by atomic mass is 16.6. The van der Waals surface area contributed by atoms with Crippen LogP contribution < -0.4 is 10.6 Å². The Morgan fingerprint density at radius 2 is 1.84 bits per heavy atom. The van der Waals surface area contributed by atoms with E-state index >= 15 is 0 Å². The van der Waals surface area contributed by atoms with Crippen molar-refractivity contribution in [3.63, 3.8) is 0 Å². The van der Waals surface area contributed by atoms with Crippen LogP contribution in [0.15, 0.2) is 60.8 Å². The summed E-state index contributed by atoms with van der Waals surface area (Å²) in [6.07, 6.45) is 2.21. The number of carbonyl (C=O) groups excluding carboxylic acids is 2. The zero-order valence-electron chi connectivity index (χ0n) is 18.6. The van der Waals surface area contributed by atoms with Crippen molar-refractivity contribution in [2.45, 2.75) is 38.8 Å². The van der Waals surface area contributed by atoms with Crippen molar-refractivity contribution in [1.29, 1.82) is 0 Å². The molecule has 2 heterocycles. The van der Waals surface area contributed by atoms with E-state index in [9.17, 15) is 9.59 Å². The predicted octanol–water partition coefficient (Wildman–Crippen LogP) is 4.91. The zero-order chi connectivity index (χ0) is 22.7. The Morgan fingerprint density at radius 1 is 1.06 bits per heavy atom. The highest BCUT2D eigenvalue weighted by molar-refractivity contribution is 6.13. The summed E-state index contributed by atoms with van der Waals surface area (Å²) >= 11 is 0. The number of hydrogen-bond donors (Lipinski definition) is 2. The number of amides is 2. The number of nitrogens with zero attached hydrogens (tertiary/aromatic N) is 2. The monoisotopic (exact) mass is 432 g/mol. The third-order valence-electron chi connectivity index (χ3n) is 5.25. The Bertz CT molecular complexity index is 1120. The first-order valence-corrected chi connectivity index (χ1v) is 10.8. The van der Waals surface area contributed by atoms with Gasteiger partial charge in [0.05, 0.1) is 11.1 Å². The van der Waals surface area contributed by atoms with Crippen molar-refractivity contribution < 1.29 is 14.3 Å². The molecule has 1 saturated heterocycles. The molecule has 1 fully saturated rings. The number of fused-ring (bicyclic) bond motifs is 1. The fourth-order valence-corrected chi connectivity index (χ4v) is 3.79. The van der Waals surface area contributed by atoms with Crippen molar-refractivity contribution in [2.24, 2.45) is 0 Å². The number of carbonyl (C=O) groups is 2. The molecule has 0 spiro atoms. The van der Waals surface area contributed by atoms with E-state index in [1.54, 1.807) is 17.2 Å². The van der Waals surface area contributed by atoms with Gasteiger partial charge in [0.1, 0.15) is 5.60 Å². The summed E-state index contributed by atoms with van der Waals surface area (Å²) < 4.78 is 5.49. The van der Waals surface area contributed by atoms with Crippen molar-refractivity contribution in [3.05, 3.63) is 66.4 Å². The summed E-state index contributed by atoms with van der Waals surface area (Å²) in [5, 5.41) is 7.31. The summed E-state index contributed by atoms with van der Waals surface area (Å²) in [7, 11) is 0. The maximum atomic E-state index is 12.9. The average molecular weight is 433 g/mol. The van der Waals surface area contributed by atoms with Gasteiger partial charge in [-0.1, -0.05) is 18.2 Å². The van der Waals surface area contributed by atoms with Gasteiger partial charge in [-0.25, -0.2) is 4.79 Å². The summed E-state index contributed by atoms with van der Waals surface area (Å²) in [6, 6.07) is 16.9. The number of ether oxygens (including phenoxy) is 1. The highest BCUT2D eigenvalue weighted by Crippen LogP contribution is 2.28. The van der Waals surface area contributed by atoms with Crippen LogP contribution in [0.4, 0.5) is 16.2 Å². The van der Waals surface area contributed by atoms with Crippen LogP contribution in [-0.4, -0.2) is 46.6 Å². The van der Waals surface area contributed by atoms with Gasteiger partial charge < -0.3 is 20.3 Å². The second-order valence-corrected chi connectivity index (χ2v) is 8.94. The topological polar surface area (TPSA) is 83.6 Å². The third-order valence-corrected chi connectivity index (χ3v) is 5.25. The lowest BCUT2D eigenvalue weighted by Gasteiger charge is -2.24. The van der Waals surface area contributed by atoms with Crippen LogP contribution in [0.25, 0.3) is 10.9 Å². The SMILES string of the molecule is CC(C)(C)OC(=O)N1CC[C@H](Nc2ccc(C(=O)Nc3ccccc3)c3ncccc23)C1. The van der Waals surface area contributed by atoms with Gasteiger partial charge in [0.25, 0.3) is 5.91 Å². The molecule has 1 atom stereocenters. The summed E-state index contributed by atoms with van der Waals surface area (Å²) in [5.74, 6) is -0.205. The molecule has 0 saturated carbocycles. The zero-order valence-corrected chi connectivity index (χ0v) is 18.6. The molecule has 7 heteroatoms. The van der Waals surface area contributed by atoms with Gasteiger partial charge in [-0.05, 0) is 63.6 Å². The highest BCUT2D eigenvalue weighted by Gasteiger charge is 2.30. The van der Waals surface area contributed by atoms with E-state index in [0.717, 1.165) is 23.2 Å². The number of rotatable bonds is 4. The van der Waals surface area contributed by atoms with Crippen molar-refractivity contribution >= 4 is 34.3 Å². The van der Waals surface area contributed by atoms with Crippen LogP contribution in [0.2, 0.25) is 0 Å². The van der Waals surface area contributed by atoms with Gasteiger partial charge in [-0.3, -0.25) is 9.78 Å². The second-order valence-electron chi connectivity index (χ2n) is 8.94. The van der Waals surface area contributed by atoms with Crippen LogP contribution in [0.1, 0.15) is 37.6 Å². The largest absolute Gasteiger partial charge is 0.444 e. The number of benzene rings is 2. The van der Waals surface area contributed by atoms with E-state index in [-0.39, 0.29) is 18.0 Å². The Labute approximate surface area is 187 Å². The van der Waals surface area contributed by atoms with E-state index in [1.165, 1.54) is 0 Å². The molecule has 0 aliphatic carbocycles. The molecule has 3 aromatic rings. The van der Waals surface area contributed by atoms with Crippen molar-refractivity contribution in [3.8, 4) is 0 Å². The van der Waals surface area contributed by atoms with Crippen molar-refractivity contribution in [2.75, 3.05) is 23.7 Å². The first-order valence-electron chi connectivity index (χ1n) is 10.8.